The highest BCUT2D eigenvalue weighted by Gasteiger charge is 2.34. The van der Waals surface area contributed by atoms with Crippen LogP contribution in [0.5, 0.6) is 0 Å². The maximum Gasteiger partial charge on any atom is 0.290 e. The quantitative estimate of drug-likeness (QED) is 0.857. The highest BCUT2D eigenvalue weighted by Crippen LogP contribution is 2.30. The summed E-state index contributed by atoms with van der Waals surface area (Å²) in [5.74, 6) is 1.25. The van der Waals surface area contributed by atoms with Crippen LogP contribution in [0.4, 0.5) is 5.69 Å². The Kier molecular flexibility index (Phi) is 3.69. The van der Waals surface area contributed by atoms with Crippen molar-refractivity contribution >= 4 is 11.6 Å². The number of hydrogen-bond donors (Lipinski definition) is 1. The molecule has 0 radical (unpaired) electrons. The molecular formula is C17H20N2O2. The second-order valence-electron chi connectivity index (χ2n) is 5.53. The maximum absolute atomic E-state index is 12.6. The Morgan fingerprint density at radius 2 is 2.14 bits per heavy atom. The number of furan rings is 1. The van der Waals surface area contributed by atoms with Gasteiger partial charge in [0, 0.05) is 24.7 Å². The van der Waals surface area contributed by atoms with Crippen molar-refractivity contribution in [1.29, 1.82) is 0 Å². The first kappa shape index (κ1) is 13.7. The van der Waals surface area contributed by atoms with Gasteiger partial charge in [-0.15, -0.1) is 0 Å². The molecule has 0 atom stereocenters. The van der Waals surface area contributed by atoms with Gasteiger partial charge < -0.3 is 15.1 Å². The maximum atomic E-state index is 12.6. The molecule has 4 heteroatoms. The summed E-state index contributed by atoms with van der Waals surface area (Å²) in [6.45, 7) is 2.59. The van der Waals surface area contributed by atoms with E-state index in [2.05, 4.69) is 0 Å². The van der Waals surface area contributed by atoms with Crippen molar-refractivity contribution in [2.75, 3.05) is 5.73 Å². The van der Waals surface area contributed by atoms with Crippen LogP contribution in [0.15, 0.2) is 40.8 Å². The number of amides is 1. The lowest BCUT2D eigenvalue weighted by Gasteiger charge is -2.21. The molecule has 21 heavy (non-hydrogen) atoms. The van der Waals surface area contributed by atoms with Gasteiger partial charge in [0.15, 0.2) is 5.76 Å². The third-order valence-corrected chi connectivity index (χ3v) is 3.77. The van der Waals surface area contributed by atoms with Gasteiger partial charge in [0.25, 0.3) is 5.91 Å². The van der Waals surface area contributed by atoms with Crippen LogP contribution >= 0.6 is 0 Å². The Bertz CT molecular complexity index is 644. The van der Waals surface area contributed by atoms with E-state index < -0.39 is 0 Å². The van der Waals surface area contributed by atoms with Gasteiger partial charge in [-0.05, 0) is 42.7 Å². The van der Waals surface area contributed by atoms with E-state index in [0.717, 1.165) is 36.3 Å². The van der Waals surface area contributed by atoms with Gasteiger partial charge in [-0.2, -0.15) is 0 Å². The third kappa shape index (κ3) is 3.10. The Hall–Kier alpha value is -2.23. The molecule has 1 amide bonds. The fraction of sp³-hybridized carbons (Fsp3) is 0.353. The minimum absolute atomic E-state index is 0.0281. The van der Waals surface area contributed by atoms with E-state index in [-0.39, 0.29) is 5.91 Å². The molecule has 3 rings (SSSR count). The monoisotopic (exact) mass is 284 g/mol. The van der Waals surface area contributed by atoms with Crippen LogP contribution in [-0.2, 0) is 13.0 Å². The summed E-state index contributed by atoms with van der Waals surface area (Å²) >= 11 is 0. The summed E-state index contributed by atoms with van der Waals surface area (Å²) in [6, 6.07) is 11.7. The molecule has 1 fully saturated rings. The van der Waals surface area contributed by atoms with Gasteiger partial charge in [-0.25, -0.2) is 0 Å². The van der Waals surface area contributed by atoms with E-state index in [1.807, 2.05) is 42.2 Å². The van der Waals surface area contributed by atoms with Gasteiger partial charge in [-0.3, -0.25) is 4.79 Å². The number of anilines is 1. The van der Waals surface area contributed by atoms with Crippen molar-refractivity contribution in [3.63, 3.8) is 0 Å². The van der Waals surface area contributed by atoms with Crippen LogP contribution in [0.1, 0.15) is 41.6 Å². The van der Waals surface area contributed by atoms with Crippen LogP contribution in [0.25, 0.3) is 0 Å². The lowest BCUT2D eigenvalue weighted by Crippen LogP contribution is -2.32. The molecule has 0 unspecified atom stereocenters. The second kappa shape index (κ2) is 5.64. The average Bonchev–Trinajstić information content (AvgIpc) is 3.20. The van der Waals surface area contributed by atoms with E-state index in [4.69, 9.17) is 10.2 Å². The summed E-state index contributed by atoms with van der Waals surface area (Å²) in [5, 5.41) is 0. The van der Waals surface area contributed by atoms with Crippen LogP contribution in [0, 0.1) is 0 Å². The summed E-state index contributed by atoms with van der Waals surface area (Å²) in [6.07, 6.45) is 2.93. The van der Waals surface area contributed by atoms with Crippen molar-refractivity contribution in [1.82, 2.24) is 4.90 Å². The largest absolute Gasteiger partial charge is 0.456 e. The normalized spacial score (nSPS) is 14.1. The molecule has 2 N–H and O–H groups in total. The standard InChI is InChI=1S/C17H20N2O2/c1-2-15-8-9-16(21-15)17(20)19(14-6-7-14)11-12-4-3-5-13(18)10-12/h3-5,8-10,14H,2,6-7,11,18H2,1H3. The lowest BCUT2D eigenvalue weighted by molar-refractivity contribution is 0.0695. The molecule has 110 valence electrons. The molecule has 1 aliphatic rings. The minimum Gasteiger partial charge on any atom is -0.456 e. The highest BCUT2D eigenvalue weighted by atomic mass is 16.4. The summed E-state index contributed by atoms with van der Waals surface area (Å²) in [4.78, 5) is 14.5. The van der Waals surface area contributed by atoms with Crippen molar-refractivity contribution in [2.24, 2.45) is 0 Å². The van der Waals surface area contributed by atoms with E-state index >= 15 is 0 Å². The molecule has 0 aliphatic heterocycles. The topological polar surface area (TPSA) is 59.5 Å². The molecule has 1 heterocycles. The van der Waals surface area contributed by atoms with E-state index in [0.29, 0.717) is 18.3 Å². The smallest absolute Gasteiger partial charge is 0.290 e. The third-order valence-electron chi connectivity index (χ3n) is 3.77. The average molecular weight is 284 g/mol. The SMILES string of the molecule is CCc1ccc(C(=O)N(Cc2cccc(N)c2)C2CC2)o1. The van der Waals surface area contributed by atoms with E-state index in [9.17, 15) is 4.79 Å². The van der Waals surface area contributed by atoms with Gasteiger partial charge >= 0.3 is 0 Å². The van der Waals surface area contributed by atoms with Gasteiger partial charge in [-0.1, -0.05) is 19.1 Å². The number of carbonyl (C=O) groups is 1. The first-order valence-electron chi connectivity index (χ1n) is 7.41. The van der Waals surface area contributed by atoms with Gasteiger partial charge in [0.05, 0.1) is 0 Å². The number of hydrogen-bond acceptors (Lipinski definition) is 3. The van der Waals surface area contributed by atoms with Crippen LogP contribution in [-0.4, -0.2) is 16.8 Å². The number of nitrogen functional groups attached to an aromatic ring is 1. The van der Waals surface area contributed by atoms with Crippen molar-refractivity contribution in [3.05, 3.63) is 53.5 Å². The predicted molar refractivity (Wildman–Crippen MR) is 81.8 cm³/mol. The van der Waals surface area contributed by atoms with Gasteiger partial charge in [0.2, 0.25) is 0 Å². The number of nitrogens with two attached hydrogens (primary N) is 1. The Morgan fingerprint density at radius 3 is 2.76 bits per heavy atom. The van der Waals surface area contributed by atoms with Crippen LogP contribution in [0.3, 0.4) is 0 Å². The minimum atomic E-state index is -0.0281. The fourth-order valence-electron chi connectivity index (χ4n) is 2.47. The first-order valence-corrected chi connectivity index (χ1v) is 7.41. The number of carbonyl (C=O) groups excluding carboxylic acids is 1. The molecule has 0 saturated heterocycles. The van der Waals surface area contributed by atoms with Crippen LogP contribution < -0.4 is 5.73 Å². The molecular weight excluding hydrogens is 264 g/mol. The number of nitrogens with zero attached hydrogens (tertiary/aromatic N) is 1. The zero-order valence-corrected chi connectivity index (χ0v) is 12.2. The molecule has 2 aromatic rings. The van der Waals surface area contributed by atoms with Crippen molar-refractivity contribution in [2.45, 2.75) is 38.8 Å². The Balaban J connectivity index is 1.79. The first-order chi connectivity index (χ1) is 10.2. The number of benzene rings is 1. The zero-order valence-electron chi connectivity index (χ0n) is 12.2. The fourth-order valence-corrected chi connectivity index (χ4v) is 2.47. The molecule has 1 aromatic carbocycles. The summed E-state index contributed by atoms with van der Waals surface area (Å²) in [7, 11) is 0. The lowest BCUT2D eigenvalue weighted by atomic mass is 10.2. The van der Waals surface area contributed by atoms with E-state index in [1.165, 1.54) is 0 Å². The molecule has 1 aromatic heterocycles. The van der Waals surface area contributed by atoms with E-state index in [1.54, 1.807) is 6.07 Å². The number of aryl methyl sites for hydroxylation is 1. The second-order valence-corrected chi connectivity index (χ2v) is 5.53. The molecule has 1 aliphatic carbocycles. The molecule has 1 saturated carbocycles. The van der Waals surface area contributed by atoms with Gasteiger partial charge in [0.1, 0.15) is 5.76 Å². The Labute approximate surface area is 124 Å². The zero-order chi connectivity index (χ0) is 14.8. The van der Waals surface area contributed by atoms with Crippen LogP contribution in [0.2, 0.25) is 0 Å². The Morgan fingerprint density at radius 1 is 1.33 bits per heavy atom. The summed E-state index contributed by atoms with van der Waals surface area (Å²) < 4.78 is 5.60. The molecule has 4 nitrogen and oxygen atoms in total. The molecule has 0 bridgehead atoms. The predicted octanol–water partition coefficient (Wildman–Crippen LogP) is 3.23. The number of rotatable bonds is 5. The summed E-state index contributed by atoms with van der Waals surface area (Å²) in [5.41, 5.74) is 7.59. The van der Waals surface area contributed by atoms with Crippen molar-refractivity contribution < 1.29 is 9.21 Å². The van der Waals surface area contributed by atoms with Crippen molar-refractivity contribution in [3.8, 4) is 0 Å². The highest BCUT2D eigenvalue weighted by molar-refractivity contribution is 5.92. The molecule has 0 spiro atoms.